The van der Waals surface area contributed by atoms with Gasteiger partial charge in [0, 0.05) is 22.8 Å². The van der Waals surface area contributed by atoms with Crippen LogP contribution in [-0.4, -0.2) is 31.6 Å². The zero-order valence-corrected chi connectivity index (χ0v) is 25.9. The van der Waals surface area contributed by atoms with Gasteiger partial charge in [0.15, 0.2) is 11.7 Å². The van der Waals surface area contributed by atoms with Crippen LogP contribution in [0.15, 0.2) is 69.6 Å². The Labute approximate surface area is 247 Å². The second-order valence-corrected chi connectivity index (χ2v) is 10.7. The van der Waals surface area contributed by atoms with Crippen molar-refractivity contribution in [3.05, 3.63) is 93.5 Å². The van der Waals surface area contributed by atoms with Crippen molar-refractivity contribution in [3.63, 3.8) is 0 Å². The van der Waals surface area contributed by atoms with E-state index >= 15 is 0 Å². The highest BCUT2D eigenvalue weighted by Gasteiger charge is 2.13. The molecule has 0 saturated carbocycles. The van der Waals surface area contributed by atoms with E-state index in [2.05, 4.69) is 82.7 Å². The minimum atomic E-state index is 0.413. The molecule has 5 heteroatoms. The molecule has 41 heavy (non-hydrogen) atoms. The highest BCUT2D eigenvalue weighted by atomic mass is 16.5. The summed E-state index contributed by atoms with van der Waals surface area (Å²) >= 11 is 0. The Morgan fingerprint density at radius 1 is 0.707 bits per heavy atom. The summed E-state index contributed by atoms with van der Waals surface area (Å²) in [4.78, 5) is 14.3. The zero-order chi connectivity index (χ0) is 29.6. The van der Waals surface area contributed by atoms with Gasteiger partial charge in [-0.05, 0) is 71.0 Å². The molecule has 0 unspecified atom stereocenters. The van der Waals surface area contributed by atoms with Gasteiger partial charge in [-0.25, -0.2) is 9.98 Å². The van der Waals surface area contributed by atoms with Crippen molar-refractivity contribution in [1.82, 2.24) is 0 Å². The molecule has 0 atom stereocenters. The van der Waals surface area contributed by atoms with Crippen molar-refractivity contribution in [2.24, 2.45) is 15.0 Å². The fourth-order valence-corrected chi connectivity index (χ4v) is 4.87. The minimum absolute atomic E-state index is 0.413. The van der Waals surface area contributed by atoms with Crippen molar-refractivity contribution < 1.29 is 9.47 Å². The van der Waals surface area contributed by atoms with Gasteiger partial charge in [0.25, 0.3) is 0 Å². The monoisotopic (exact) mass is 553 g/mol. The van der Waals surface area contributed by atoms with Crippen LogP contribution in [0.1, 0.15) is 91.3 Å². The lowest BCUT2D eigenvalue weighted by molar-refractivity contribution is 0.298. The SMILES string of the molecule is C=N/C(=N\C(=N/Cc1ccc(OCCCCCCCC)cc1OCC)c1ccc(C)cc1C)c1ccc(C)cc1C. The molecule has 5 nitrogen and oxygen atoms in total. The molecule has 0 N–H and O–H groups in total. The largest absolute Gasteiger partial charge is 0.493 e. The van der Waals surface area contributed by atoms with Gasteiger partial charge >= 0.3 is 0 Å². The highest BCUT2D eigenvalue weighted by Crippen LogP contribution is 2.27. The molecule has 218 valence electrons. The molecule has 0 aliphatic rings. The molecule has 3 aromatic carbocycles. The molecule has 0 bridgehead atoms. The number of aryl methyl sites for hydroxylation is 4. The average Bonchev–Trinajstić information content (AvgIpc) is 2.94. The Bertz CT molecular complexity index is 1360. The predicted octanol–water partition coefficient (Wildman–Crippen LogP) is 9.15. The topological polar surface area (TPSA) is 55.5 Å². The van der Waals surface area contributed by atoms with Gasteiger partial charge in [-0.3, -0.25) is 4.99 Å². The average molecular weight is 554 g/mol. The van der Waals surface area contributed by atoms with Gasteiger partial charge in [0.2, 0.25) is 0 Å². The number of benzene rings is 3. The summed E-state index contributed by atoms with van der Waals surface area (Å²) in [6.07, 6.45) is 7.44. The maximum atomic E-state index is 6.06. The lowest BCUT2D eigenvalue weighted by atomic mass is 10.0. The molecule has 0 amide bonds. The van der Waals surface area contributed by atoms with E-state index in [0.717, 1.165) is 52.3 Å². The first kappa shape index (κ1) is 31.8. The van der Waals surface area contributed by atoms with E-state index in [1.165, 1.54) is 43.2 Å². The minimum Gasteiger partial charge on any atom is -0.493 e. The summed E-state index contributed by atoms with van der Waals surface area (Å²) in [7, 11) is 0. The number of amidine groups is 2. The summed E-state index contributed by atoms with van der Waals surface area (Å²) < 4.78 is 12.1. The molecule has 0 heterocycles. The molecule has 0 fully saturated rings. The maximum absolute atomic E-state index is 6.06. The van der Waals surface area contributed by atoms with E-state index in [0.29, 0.717) is 24.8 Å². The molecule has 0 aromatic heterocycles. The summed E-state index contributed by atoms with van der Waals surface area (Å²) in [5.74, 6) is 2.80. The van der Waals surface area contributed by atoms with E-state index in [-0.39, 0.29) is 0 Å². The Morgan fingerprint density at radius 3 is 1.95 bits per heavy atom. The van der Waals surface area contributed by atoms with Crippen LogP contribution in [0.5, 0.6) is 11.5 Å². The first-order chi connectivity index (χ1) is 19.9. The predicted molar refractivity (Wildman–Crippen MR) is 175 cm³/mol. The van der Waals surface area contributed by atoms with Gasteiger partial charge in [0.05, 0.1) is 19.8 Å². The number of hydrogen-bond donors (Lipinski definition) is 0. The number of rotatable bonds is 14. The van der Waals surface area contributed by atoms with Crippen molar-refractivity contribution in [3.8, 4) is 11.5 Å². The van der Waals surface area contributed by atoms with Crippen LogP contribution in [0.3, 0.4) is 0 Å². The number of aliphatic imine (C=N–C) groups is 3. The van der Waals surface area contributed by atoms with Crippen molar-refractivity contribution in [2.45, 2.75) is 86.6 Å². The van der Waals surface area contributed by atoms with E-state index in [1.807, 2.05) is 25.1 Å². The normalized spacial score (nSPS) is 12.0. The third kappa shape index (κ3) is 9.70. The second kappa shape index (κ2) is 16.5. The number of nitrogens with zero attached hydrogens (tertiary/aromatic N) is 3. The van der Waals surface area contributed by atoms with Gasteiger partial charge in [-0.1, -0.05) is 86.6 Å². The van der Waals surface area contributed by atoms with Crippen LogP contribution in [0.4, 0.5) is 0 Å². The summed E-state index contributed by atoms with van der Waals surface area (Å²) in [5.41, 5.74) is 7.51. The standard InChI is InChI=1S/C36H47N3O2/c1-8-10-11-12-13-14-21-41-31-18-17-30(34(24-31)40-9-2)25-38-36(33-20-16-27(4)23-29(33)6)39-35(37-7)32-19-15-26(3)22-28(32)5/h15-20,22-24H,7-14,21,25H2,1-6H3/b38-36-,39-35-. The van der Waals surface area contributed by atoms with Gasteiger partial charge in [-0.15, -0.1) is 0 Å². The van der Waals surface area contributed by atoms with Crippen LogP contribution in [0.25, 0.3) is 0 Å². The van der Waals surface area contributed by atoms with E-state index in [4.69, 9.17) is 19.5 Å². The number of hydrogen-bond acceptors (Lipinski definition) is 3. The van der Waals surface area contributed by atoms with Crippen LogP contribution >= 0.6 is 0 Å². The Balaban J connectivity index is 1.89. The first-order valence-corrected chi connectivity index (χ1v) is 15.0. The van der Waals surface area contributed by atoms with Crippen molar-refractivity contribution in [2.75, 3.05) is 13.2 Å². The number of unbranched alkanes of at least 4 members (excludes halogenated alkanes) is 5. The molecule has 0 radical (unpaired) electrons. The quantitative estimate of drug-likeness (QED) is 0.114. The molecule has 0 aliphatic carbocycles. The maximum Gasteiger partial charge on any atom is 0.161 e. The Kier molecular flexibility index (Phi) is 12.8. The zero-order valence-electron chi connectivity index (χ0n) is 25.9. The van der Waals surface area contributed by atoms with Crippen LogP contribution in [0, 0.1) is 27.7 Å². The van der Waals surface area contributed by atoms with E-state index < -0.39 is 0 Å². The second-order valence-electron chi connectivity index (χ2n) is 10.7. The third-order valence-electron chi connectivity index (χ3n) is 7.11. The van der Waals surface area contributed by atoms with E-state index in [9.17, 15) is 0 Å². The molecular formula is C36H47N3O2. The fourth-order valence-electron chi connectivity index (χ4n) is 4.87. The van der Waals surface area contributed by atoms with Gasteiger partial charge < -0.3 is 9.47 Å². The third-order valence-corrected chi connectivity index (χ3v) is 7.11. The fraction of sp³-hybridized carbons (Fsp3) is 0.417. The molecule has 3 rings (SSSR count). The summed E-state index contributed by atoms with van der Waals surface area (Å²) in [6.45, 7) is 18.1. The smallest absolute Gasteiger partial charge is 0.161 e. The Morgan fingerprint density at radius 2 is 1.34 bits per heavy atom. The van der Waals surface area contributed by atoms with Gasteiger partial charge in [-0.2, -0.15) is 0 Å². The van der Waals surface area contributed by atoms with Crippen molar-refractivity contribution in [1.29, 1.82) is 0 Å². The van der Waals surface area contributed by atoms with E-state index in [1.54, 1.807) is 0 Å². The summed E-state index contributed by atoms with van der Waals surface area (Å²) in [5, 5.41) is 0. The first-order valence-electron chi connectivity index (χ1n) is 15.0. The molecule has 0 spiro atoms. The molecular weight excluding hydrogens is 506 g/mol. The van der Waals surface area contributed by atoms with Crippen LogP contribution in [0.2, 0.25) is 0 Å². The van der Waals surface area contributed by atoms with Gasteiger partial charge in [0.1, 0.15) is 11.5 Å². The highest BCUT2D eigenvalue weighted by molar-refractivity contribution is 6.13. The molecule has 0 saturated heterocycles. The van der Waals surface area contributed by atoms with Crippen LogP contribution < -0.4 is 9.47 Å². The summed E-state index contributed by atoms with van der Waals surface area (Å²) in [6, 6.07) is 18.6. The molecule has 3 aromatic rings. The Hall–Kier alpha value is -3.73. The lowest BCUT2D eigenvalue weighted by Gasteiger charge is -2.13. The van der Waals surface area contributed by atoms with Crippen molar-refractivity contribution >= 4 is 18.4 Å². The molecule has 0 aliphatic heterocycles. The lowest BCUT2D eigenvalue weighted by Crippen LogP contribution is -2.09. The van der Waals surface area contributed by atoms with Crippen LogP contribution in [-0.2, 0) is 6.54 Å². The number of ether oxygens (including phenoxy) is 2.